The van der Waals surface area contributed by atoms with E-state index in [0.29, 0.717) is 5.57 Å². The molecule has 1 aliphatic carbocycles. The van der Waals surface area contributed by atoms with E-state index in [-0.39, 0.29) is 5.92 Å². The van der Waals surface area contributed by atoms with Crippen molar-refractivity contribution in [3.05, 3.63) is 162 Å². The van der Waals surface area contributed by atoms with E-state index in [2.05, 4.69) is 135 Å². The normalized spacial score (nSPS) is 14.5. The van der Waals surface area contributed by atoms with Crippen molar-refractivity contribution in [2.24, 2.45) is 0 Å². The van der Waals surface area contributed by atoms with Gasteiger partial charge in [-0.25, -0.2) is 4.98 Å². The lowest BCUT2D eigenvalue weighted by molar-refractivity contribution is 0.669. The third kappa shape index (κ3) is 4.76. The van der Waals surface area contributed by atoms with Crippen LogP contribution in [0.4, 0.5) is 0 Å². The third-order valence-corrected chi connectivity index (χ3v) is 10.1. The van der Waals surface area contributed by atoms with E-state index < -0.39 is 0 Å². The first-order chi connectivity index (χ1) is 24.1. The molecular formula is C46H32N2O. The van der Waals surface area contributed by atoms with Crippen molar-refractivity contribution in [3.8, 4) is 39.6 Å². The Hall–Kier alpha value is -6.24. The lowest BCUT2D eigenvalue weighted by Crippen LogP contribution is -2.01. The molecule has 0 amide bonds. The van der Waals surface area contributed by atoms with Crippen LogP contribution in [-0.4, -0.2) is 4.98 Å². The number of nitriles is 1. The smallest absolute Gasteiger partial charge is 0.161 e. The van der Waals surface area contributed by atoms with Crippen LogP contribution in [-0.2, 0) is 0 Å². The molecule has 2 aromatic heterocycles. The Morgan fingerprint density at radius 1 is 0.714 bits per heavy atom. The molecule has 2 heterocycles. The van der Waals surface area contributed by atoms with Crippen LogP contribution in [0.15, 0.2) is 150 Å². The second kappa shape index (κ2) is 11.5. The van der Waals surface area contributed by atoms with Gasteiger partial charge in [-0.2, -0.15) is 5.26 Å². The summed E-state index contributed by atoms with van der Waals surface area (Å²) in [6, 6.07) is 45.6. The standard InChI is InChI=1S/C46H32N2O/c1-28-12-3-5-16-36(28)44-29(2)43(46-45(48-44)40-20-9-10-21-42(40)49-46)35-24-33(31-15-11-13-30(22-31)27-47)23-34(25-35)41-26-32-14-4-6-17-37(32)38-18-7-8-19-39(38)41/h3-14,16-26,31H,15H2,1-2H3. The summed E-state index contributed by atoms with van der Waals surface area (Å²) in [6.07, 6.45) is 6.98. The van der Waals surface area contributed by atoms with Crippen LogP contribution in [0.25, 0.3) is 77.1 Å². The van der Waals surface area contributed by atoms with Crippen LogP contribution in [0, 0.1) is 25.2 Å². The van der Waals surface area contributed by atoms with Gasteiger partial charge in [0.05, 0.1) is 11.8 Å². The molecule has 49 heavy (non-hydrogen) atoms. The average molecular weight is 629 g/mol. The van der Waals surface area contributed by atoms with Crippen LogP contribution in [0.3, 0.4) is 0 Å². The molecule has 1 unspecified atom stereocenters. The molecule has 1 atom stereocenters. The van der Waals surface area contributed by atoms with E-state index in [1.165, 1.54) is 38.2 Å². The van der Waals surface area contributed by atoms with Crippen molar-refractivity contribution in [1.29, 1.82) is 5.26 Å². The number of pyridine rings is 1. The molecule has 8 aromatic rings. The Morgan fingerprint density at radius 2 is 1.43 bits per heavy atom. The van der Waals surface area contributed by atoms with Gasteiger partial charge in [0.2, 0.25) is 0 Å². The van der Waals surface area contributed by atoms with Gasteiger partial charge in [-0.15, -0.1) is 0 Å². The Labute approximate surface area is 285 Å². The molecule has 1 aliphatic rings. The highest BCUT2D eigenvalue weighted by molar-refractivity contribution is 6.14. The summed E-state index contributed by atoms with van der Waals surface area (Å²) in [6.45, 7) is 4.32. The van der Waals surface area contributed by atoms with Crippen LogP contribution in [0.2, 0.25) is 0 Å². The molecule has 0 radical (unpaired) electrons. The minimum absolute atomic E-state index is 0.0641. The van der Waals surface area contributed by atoms with Crippen molar-refractivity contribution in [3.63, 3.8) is 0 Å². The van der Waals surface area contributed by atoms with Gasteiger partial charge in [-0.3, -0.25) is 0 Å². The summed E-state index contributed by atoms with van der Waals surface area (Å²) in [5, 5.41) is 15.7. The van der Waals surface area contributed by atoms with Crippen molar-refractivity contribution < 1.29 is 4.42 Å². The maximum Gasteiger partial charge on any atom is 0.161 e. The summed E-state index contributed by atoms with van der Waals surface area (Å²) in [5.41, 5.74) is 13.1. The summed E-state index contributed by atoms with van der Waals surface area (Å²) < 4.78 is 6.70. The van der Waals surface area contributed by atoms with Gasteiger partial charge in [-0.05, 0) is 106 Å². The van der Waals surface area contributed by atoms with Gasteiger partial charge in [0.15, 0.2) is 5.58 Å². The van der Waals surface area contributed by atoms with E-state index in [9.17, 15) is 5.26 Å². The molecule has 0 saturated heterocycles. The highest BCUT2D eigenvalue weighted by Crippen LogP contribution is 2.45. The number of para-hydroxylation sites is 1. The van der Waals surface area contributed by atoms with Crippen LogP contribution in [0.5, 0.6) is 0 Å². The van der Waals surface area contributed by atoms with E-state index >= 15 is 0 Å². The summed E-state index contributed by atoms with van der Waals surface area (Å²) >= 11 is 0. The van der Waals surface area contributed by atoms with Crippen LogP contribution in [0.1, 0.15) is 29.0 Å². The Kier molecular flexibility index (Phi) is 6.78. The van der Waals surface area contributed by atoms with Crippen LogP contribution >= 0.6 is 0 Å². The van der Waals surface area contributed by atoms with Gasteiger partial charge in [0.25, 0.3) is 0 Å². The lowest BCUT2D eigenvalue weighted by atomic mass is 9.84. The van der Waals surface area contributed by atoms with Crippen molar-refractivity contribution >= 4 is 43.6 Å². The fourth-order valence-electron chi connectivity index (χ4n) is 7.69. The predicted octanol–water partition coefficient (Wildman–Crippen LogP) is 12.4. The van der Waals surface area contributed by atoms with Crippen LogP contribution < -0.4 is 0 Å². The average Bonchev–Trinajstić information content (AvgIpc) is 3.52. The molecular weight excluding hydrogens is 597 g/mol. The first-order valence-electron chi connectivity index (χ1n) is 16.8. The number of benzene rings is 6. The highest BCUT2D eigenvalue weighted by Gasteiger charge is 2.23. The number of fused-ring (bicyclic) bond motifs is 6. The fraction of sp³-hybridized carbons (Fsp3) is 0.0870. The molecule has 9 rings (SSSR count). The zero-order chi connectivity index (χ0) is 33.1. The van der Waals surface area contributed by atoms with E-state index in [1.54, 1.807) is 0 Å². The maximum absolute atomic E-state index is 9.84. The number of furan rings is 1. The molecule has 6 aromatic carbocycles. The SMILES string of the molecule is Cc1ccccc1-c1nc2c(oc3ccccc32)c(-c2cc(-c3cc4ccccc4c4ccccc34)cc(C3C=C(C#N)C=CC3)c2)c1C. The lowest BCUT2D eigenvalue weighted by Gasteiger charge is -2.20. The predicted molar refractivity (Wildman–Crippen MR) is 203 cm³/mol. The first-order valence-corrected chi connectivity index (χ1v) is 16.8. The second-order valence-corrected chi connectivity index (χ2v) is 13.1. The van der Waals surface area contributed by atoms with Gasteiger partial charge in [0.1, 0.15) is 11.1 Å². The molecule has 0 fully saturated rings. The number of hydrogen-bond acceptors (Lipinski definition) is 3. The fourth-order valence-corrected chi connectivity index (χ4v) is 7.69. The van der Waals surface area contributed by atoms with Gasteiger partial charge >= 0.3 is 0 Å². The summed E-state index contributed by atoms with van der Waals surface area (Å²) in [5.74, 6) is 0.0641. The van der Waals surface area contributed by atoms with Gasteiger partial charge in [0, 0.05) is 28.0 Å². The highest BCUT2D eigenvalue weighted by atomic mass is 16.3. The second-order valence-electron chi connectivity index (χ2n) is 13.1. The quantitative estimate of drug-likeness (QED) is 0.182. The van der Waals surface area contributed by atoms with Crippen molar-refractivity contribution in [1.82, 2.24) is 4.98 Å². The molecule has 0 aliphatic heterocycles. The minimum Gasteiger partial charge on any atom is -0.454 e. The Morgan fingerprint density at radius 3 is 2.27 bits per heavy atom. The number of hydrogen-bond donors (Lipinski definition) is 0. The minimum atomic E-state index is 0.0641. The topological polar surface area (TPSA) is 49.8 Å². The summed E-state index contributed by atoms with van der Waals surface area (Å²) in [4.78, 5) is 5.32. The number of allylic oxidation sites excluding steroid dienone is 4. The maximum atomic E-state index is 9.84. The zero-order valence-corrected chi connectivity index (χ0v) is 27.4. The Bertz CT molecular complexity index is 2740. The van der Waals surface area contributed by atoms with E-state index in [1.807, 2.05) is 24.3 Å². The van der Waals surface area contributed by atoms with Gasteiger partial charge < -0.3 is 4.42 Å². The molecule has 0 saturated carbocycles. The van der Waals surface area contributed by atoms with Crippen molar-refractivity contribution in [2.75, 3.05) is 0 Å². The largest absolute Gasteiger partial charge is 0.454 e. The first kappa shape index (κ1) is 28.9. The summed E-state index contributed by atoms with van der Waals surface area (Å²) in [7, 11) is 0. The number of aromatic nitrogens is 1. The number of nitrogens with zero attached hydrogens (tertiary/aromatic N) is 2. The van der Waals surface area contributed by atoms with Gasteiger partial charge in [-0.1, -0.05) is 109 Å². The van der Waals surface area contributed by atoms with E-state index in [0.717, 1.165) is 62.0 Å². The number of aryl methyl sites for hydroxylation is 1. The van der Waals surface area contributed by atoms with E-state index in [4.69, 9.17) is 9.40 Å². The Balaban J connectivity index is 1.39. The molecule has 232 valence electrons. The molecule has 3 nitrogen and oxygen atoms in total. The molecule has 0 N–H and O–H groups in total. The molecule has 0 spiro atoms. The number of rotatable bonds is 4. The monoisotopic (exact) mass is 628 g/mol. The molecule has 3 heteroatoms. The third-order valence-electron chi connectivity index (χ3n) is 10.1. The van der Waals surface area contributed by atoms with Crippen molar-refractivity contribution in [2.45, 2.75) is 26.2 Å². The zero-order valence-electron chi connectivity index (χ0n) is 27.4. The molecule has 0 bridgehead atoms.